The van der Waals surface area contributed by atoms with Gasteiger partial charge in [0.25, 0.3) is 5.69 Å². The van der Waals surface area contributed by atoms with Gasteiger partial charge in [0.2, 0.25) is 0 Å². The molecule has 0 amide bonds. The molecular weight excluding hydrogens is 514 g/mol. The molecule has 1 aromatic carbocycles. The highest BCUT2D eigenvalue weighted by molar-refractivity contribution is 5.96. The van der Waals surface area contributed by atoms with Crippen LogP contribution in [-0.2, 0) is 4.79 Å². The molecule has 0 aromatic heterocycles. The Morgan fingerprint density at radius 1 is 0.878 bits per heavy atom. The summed E-state index contributed by atoms with van der Waals surface area (Å²) in [6, 6.07) is 6.28. The maximum absolute atomic E-state index is 13.7. The molecule has 6 heteroatoms. The topological polar surface area (TPSA) is 101 Å². The van der Waals surface area contributed by atoms with Gasteiger partial charge in [0, 0.05) is 24.0 Å². The predicted molar refractivity (Wildman–Crippen MR) is 160 cm³/mol. The van der Waals surface area contributed by atoms with E-state index in [9.17, 15) is 25.1 Å². The van der Waals surface area contributed by atoms with Crippen LogP contribution in [-0.4, -0.2) is 32.6 Å². The molecular formula is C35H49NO5. The monoisotopic (exact) mass is 563 g/mol. The van der Waals surface area contributed by atoms with E-state index in [1.165, 1.54) is 12.1 Å². The highest BCUT2D eigenvalue weighted by Crippen LogP contribution is 2.76. The van der Waals surface area contributed by atoms with Gasteiger partial charge < -0.3 is 10.2 Å². The van der Waals surface area contributed by atoms with Crippen molar-refractivity contribution in [3.05, 3.63) is 46.0 Å². The van der Waals surface area contributed by atoms with Crippen molar-refractivity contribution in [2.24, 2.45) is 51.2 Å². The van der Waals surface area contributed by atoms with Crippen LogP contribution < -0.4 is 0 Å². The van der Waals surface area contributed by atoms with Crippen LogP contribution in [0.2, 0.25) is 0 Å². The van der Waals surface area contributed by atoms with Crippen molar-refractivity contribution >= 4 is 17.5 Å². The zero-order chi connectivity index (χ0) is 29.6. The summed E-state index contributed by atoms with van der Waals surface area (Å²) in [5.74, 6) is 1.29. The average Bonchev–Trinajstić information content (AvgIpc) is 3.28. The Morgan fingerprint density at radius 3 is 2.27 bits per heavy atom. The molecule has 0 saturated heterocycles. The van der Waals surface area contributed by atoms with Crippen LogP contribution >= 0.6 is 0 Å². The third kappa shape index (κ3) is 4.06. The number of hydrogen-bond donors (Lipinski definition) is 2. The first-order valence-corrected chi connectivity index (χ1v) is 16.0. The number of allylic oxidation sites excluding steroid dienone is 1. The number of hydrogen-bond acceptors (Lipinski definition) is 5. The second kappa shape index (κ2) is 9.47. The Balaban J connectivity index is 1.28. The number of fused-ring (bicyclic) bond motifs is 7. The van der Waals surface area contributed by atoms with Crippen molar-refractivity contribution in [3.8, 4) is 0 Å². The number of aliphatic hydroxyl groups excluding tert-OH is 1. The minimum atomic E-state index is -0.771. The summed E-state index contributed by atoms with van der Waals surface area (Å²) in [6.45, 7) is 12.2. The first kappa shape index (κ1) is 29.0. The zero-order valence-electron chi connectivity index (χ0n) is 25.6. The Bertz CT molecular complexity index is 1260. The number of aliphatic hydroxyl groups is 2. The fraction of sp³-hybridized carbons (Fsp3) is 0.743. The molecule has 0 radical (unpaired) electrons. The predicted octanol–water partition coefficient (Wildman–Crippen LogP) is 7.36. The molecule has 5 aliphatic carbocycles. The Labute approximate surface area is 245 Å². The molecule has 5 aliphatic rings. The highest BCUT2D eigenvalue weighted by atomic mass is 16.6. The molecule has 6 nitrogen and oxygen atoms in total. The maximum Gasteiger partial charge on any atom is 0.269 e. The number of nitrogens with zero attached hydrogens (tertiary/aromatic N) is 1. The average molecular weight is 564 g/mol. The van der Waals surface area contributed by atoms with Crippen LogP contribution in [0.1, 0.15) is 104 Å². The van der Waals surface area contributed by atoms with Gasteiger partial charge in [-0.15, -0.1) is 0 Å². The Hall–Kier alpha value is -2.05. The standard InChI is InChI=1S/C35H49NO5/c1-31(2)27-15-18-34(5)28(32(27,3)17-16-29(31)38)13-11-25-30-24(14-19-35(30,39)21-20-33(25,34)4)26(37)12-8-22-6-9-23(10-7-22)36(40)41/h6-10,12,24-25,27-30,38-39H,11,13-21H2,1-5H3/b12-8-/t24-,25+,27-,28+,29-,30+,32-,33+,34+,35-/m0/s1. The first-order valence-electron chi connectivity index (χ1n) is 16.0. The largest absolute Gasteiger partial charge is 0.393 e. The summed E-state index contributed by atoms with van der Waals surface area (Å²) in [7, 11) is 0. The van der Waals surface area contributed by atoms with Gasteiger partial charge in [0.1, 0.15) is 0 Å². The number of carbonyl (C=O) groups is 1. The lowest BCUT2D eigenvalue weighted by Crippen LogP contribution is -2.67. The second-order valence-electron chi connectivity index (χ2n) is 15.9. The van der Waals surface area contributed by atoms with E-state index >= 15 is 0 Å². The quantitative estimate of drug-likeness (QED) is 0.226. The van der Waals surface area contributed by atoms with E-state index < -0.39 is 10.5 Å². The third-order valence-electron chi connectivity index (χ3n) is 14.3. The minimum absolute atomic E-state index is 0.0248. The molecule has 41 heavy (non-hydrogen) atoms. The molecule has 224 valence electrons. The van der Waals surface area contributed by atoms with E-state index in [2.05, 4.69) is 34.6 Å². The molecule has 5 fully saturated rings. The first-order chi connectivity index (χ1) is 19.2. The number of carbonyl (C=O) groups excluding carboxylic acids is 1. The van der Waals surface area contributed by atoms with Crippen LogP contribution in [0.3, 0.4) is 0 Å². The number of ketones is 1. The van der Waals surface area contributed by atoms with Crippen LogP contribution in [0.15, 0.2) is 30.3 Å². The van der Waals surface area contributed by atoms with Crippen molar-refractivity contribution in [1.82, 2.24) is 0 Å². The molecule has 6 rings (SSSR count). The van der Waals surface area contributed by atoms with Gasteiger partial charge >= 0.3 is 0 Å². The zero-order valence-corrected chi connectivity index (χ0v) is 25.6. The molecule has 1 aromatic rings. The highest BCUT2D eigenvalue weighted by Gasteiger charge is 2.71. The molecule has 0 heterocycles. The molecule has 5 saturated carbocycles. The fourth-order valence-corrected chi connectivity index (χ4v) is 11.9. The van der Waals surface area contributed by atoms with E-state index in [4.69, 9.17) is 0 Å². The van der Waals surface area contributed by atoms with E-state index in [1.807, 2.05) is 0 Å². The van der Waals surface area contributed by atoms with Gasteiger partial charge in [-0.05, 0) is 127 Å². The SMILES string of the molecule is CC1(C)[C@@H](O)CC[C@]2(C)[C@H]3CC[C@@H]4[C@H]5[C@H](C(=O)/C=C\c6ccc([N+](=O)[O-])cc6)CC[C@]5(O)CC[C@@]4(C)[C@]3(C)CC[C@@H]12. The number of nitro groups is 1. The lowest BCUT2D eigenvalue weighted by molar-refractivity contribution is -0.384. The summed E-state index contributed by atoms with van der Waals surface area (Å²) in [5, 5.41) is 34.0. The molecule has 0 aliphatic heterocycles. The van der Waals surface area contributed by atoms with Crippen LogP contribution in [0, 0.1) is 61.4 Å². The van der Waals surface area contributed by atoms with Crippen LogP contribution in [0.25, 0.3) is 6.08 Å². The molecule has 10 atom stereocenters. The lowest BCUT2D eigenvalue weighted by Gasteiger charge is -2.72. The smallest absolute Gasteiger partial charge is 0.269 e. The molecule has 2 N–H and O–H groups in total. The van der Waals surface area contributed by atoms with Crippen LogP contribution in [0.4, 0.5) is 5.69 Å². The molecule has 0 bridgehead atoms. The maximum atomic E-state index is 13.7. The second-order valence-corrected chi connectivity index (χ2v) is 15.9. The summed E-state index contributed by atoms with van der Waals surface area (Å²) >= 11 is 0. The number of benzene rings is 1. The summed E-state index contributed by atoms with van der Waals surface area (Å²) in [5.41, 5.74) is 0.373. The fourth-order valence-electron chi connectivity index (χ4n) is 11.9. The molecule has 0 spiro atoms. The van der Waals surface area contributed by atoms with Gasteiger partial charge in [-0.1, -0.05) is 40.7 Å². The Morgan fingerprint density at radius 2 is 1.59 bits per heavy atom. The lowest BCUT2D eigenvalue weighted by atomic mass is 9.33. The number of non-ortho nitro benzene ring substituents is 1. The Kier molecular flexibility index (Phi) is 6.71. The van der Waals surface area contributed by atoms with Crippen molar-refractivity contribution in [3.63, 3.8) is 0 Å². The third-order valence-corrected chi connectivity index (χ3v) is 14.3. The van der Waals surface area contributed by atoms with E-state index in [0.29, 0.717) is 24.2 Å². The van der Waals surface area contributed by atoms with Crippen molar-refractivity contribution in [2.75, 3.05) is 0 Å². The van der Waals surface area contributed by atoms with Crippen molar-refractivity contribution < 1.29 is 19.9 Å². The van der Waals surface area contributed by atoms with Crippen molar-refractivity contribution in [2.45, 2.75) is 111 Å². The molecule has 0 unspecified atom stereocenters. The van der Waals surface area contributed by atoms with Crippen LogP contribution in [0.5, 0.6) is 0 Å². The van der Waals surface area contributed by atoms with Gasteiger partial charge in [-0.3, -0.25) is 14.9 Å². The summed E-state index contributed by atoms with van der Waals surface area (Å²) in [4.78, 5) is 24.3. The normalized spacial score (nSPS) is 46.7. The number of rotatable bonds is 4. The minimum Gasteiger partial charge on any atom is -0.393 e. The number of nitro benzene ring substituents is 1. The van der Waals surface area contributed by atoms with E-state index in [-0.39, 0.29) is 51.1 Å². The summed E-state index contributed by atoms with van der Waals surface area (Å²) < 4.78 is 0. The van der Waals surface area contributed by atoms with Gasteiger partial charge in [0.15, 0.2) is 5.78 Å². The van der Waals surface area contributed by atoms with E-state index in [0.717, 1.165) is 63.4 Å². The van der Waals surface area contributed by atoms with Gasteiger partial charge in [-0.25, -0.2) is 0 Å². The summed E-state index contributed by atoms with van der Waals surface area (Å²) in [6.07, 6.45) is 12.9. The van der Waals surface area contributed by atoms with E-state index in [1.54, 1.807) is 24.3 Å². The van der Waals surface area contributed by atoms with Gasteiger partial charge in [0.05, 0.1) is 16.6 Å². The van der Waals surface area contributed by atoms with Crippen molar-refractivity contribution in [1.29, 1.82) is 0 Å². The van der Waals surface area contributed by atoms with Gasteiger partial charge in [-0.2, -0.15) is 0 Å².